The molecule has 2 amide bonds. The normalized spacial score (nSPS) is 11.3. The fourth-order valence-corrected chi connectivity index (χ4v) is 1.27. The number of ether oxygens (including phenoxy) is 1. The zero-order valence-corrected chi connectivity index (χ0v) is 10.4. The average molecular weight is 266 g/mol. The van der Waals surface area contributed by atoms with E-state index >= 15 is 0 Å². The van der Waals surface area contributed by atoms with Gasteiger partial charge in [-0.15, -0.1) is 6.42 Å². The second-order valence-electron chi connectivity index (χ2n) is 3.82. The first-order valence-electron chi connectivity index (χ1n) is 5.61. The van der Waals surface area contributed by atoms with Crippen molar-refractivity contribution in [2.45, 2.75) is 13.0 Å². The molecule has 0 aliphatic carbocycles. The van der Waals surface area contributed by atoms with Gasteiger partial charge in [0.25, 0.3) is 0 Å². The Bertz CT molecular complexity index is 485. The van der Waals surface area contributed by atoms with Crippen LogP contribution in [0.15, 0.2) is 18.2 Å². The molecule has 0 aliphatic rings. The van der Waals surface area contributed by atoms with Gasteiger partial charge in [-0.2, -0.15) is 0 Å². The molecule has 19 heavy (non-hydrogen) atoms. The van der Waals surface area contributed by atoms with Crippen molar-refractivity contribution < 1.29 is 19.0 Å². The highest BCUT2D eigenvalue weighted by atomic mass is 19.1. The zero-order chi connectivity index (χ0) is 14.3. The molecular weight excluding hydrogens is 251 g/mol. The summed E-state index contributed by atoms with van der Waals surface area (Å²) in [5.41, 5.74) is 0.291. The van der Waals surface area contributed by atoms with Crippen LogP contribution in [0.1, 0.15) is 6.92 Å². The summed E-state index contributed by atoms with van der Waals surface area (Å²) >= 11 is 0. The molecule has 1 rings (SSSR count). The van der Waals surface area contributed by atoms with E-state index < -0.39 is 17.9 Å². The van der Waals surface area contributed by atoms with Gasteiger partial charge in [-0.1, -0.05) is 5.92 Å². The number of benzene rings is 1. The van der Waals surface area contributed by atoms with E-state index in [1.54, 1.807) is 6.92 Å². The van der Waals surface area contributed by atoms with Crippen molar-refractivity contribution in [2.75, 3.05) is 18.5 Å². The van der Waals surface area contributed by atoms with Crippen molar-refractivity contribution in [3.63, 3.8) is 0 Å². The van der Waals surface area contributed by atoms with Gasteiger partial charge in [0.1, 0.15) is 18.2 Å². The Kier molecular flexibility index (Phi) is 5.64. The molecule has 0 fully saturated rings. The number of rotatable bonds is 5. The van der Waals surface area contributed by atoms with Crippen LogP contribution < -0.4 is 15.4 Å². The number of anilines is 1. The Hall–Kier alpha value is -2.26. The summed E-state index contributed by atoms with van der Waals surface area (Å²) in [5, 5.41) is 13.8. The van der Waals surface area contributed by atoms with Crippen molar-refractivity contribution in [2.24, 2.45) is 0 Å². The molecule has 0 radical (unpaired) electrons. The summed E-state index contributed by atoms with van der Waals surface area (Å²) in [6.07, 6.45) is 5.05. The SMILES string of the molecule is C#CCOc1cc(F)ccc1NC(=O)NC(C)CO. The van der Waals surface area contributed by atoms with Gasteiger partial charge in [0.2, 0.25) is 0 Å². The predicted molar refractivity (Wildman–Crippen MR) is 69.4 cm³/mol. The molecule has 1 atom stereocenters. The standard InChI is InChI=1S/C13H15FN2O3/c1-3-6-19-12-7-10(14)4-5-11(12)16-13(18)15-9(2)8-17/h1,4-5,7,9,17H,6,8H2,2H3,(H2,15,16,18). The van der Waals surface area contributed by atoms with Crippen LogP contribution >= 0.6 is 0 Å². The molecule has 1 aromatic carbocycles. The van der Waals surface area contributed by atoms with E-state index in [1.165, 1.54) is 12.1 Å². The van der Waals surface area contributed by atoms with Gasteiger partial charge in [-0.3, -0.25) is 0 Å². The van der Waals surface area contributed by atoms with Crippen molar-refractivity contribution >= 4 is 11.7 Å². The van der Waals surface area contributed by atoms with E-state index in [-0.39, 0.29) is 19.0 Å². The Morgan fingerprint density at radius 3 is 3.00 bits per heavy atom. The molecule has 6 heteroatoms. The number of hydrogen-bond donors (Lipinski definition) is 3. The zero-order valence-electron chi connectivity index (χ0n) is 10.4. The average Bonchev–Trinajstić information content (AvgIpc) is 2.38. The number of halogens is 1. The molecule has 0 bridgehead atoms. The largest absolute Gasteiger partial charge is 0.479 e. The second-order valence-corrected chi connectivity index (χ2v) is 3.82. The molecule has 5 nitrogen and oxygen atoms in total. The molecule has 0 aromatic heterocycles. The van der Waals surface area contributed by atoms with E-state index in [0.717, 1.165) is 6.07 Å². The van der Waals surface area contributed by atoms with Gasteiger partial charge < -0.3 is 20.5 Å². The van der Waals surface area contributed by atoms with E-state index in [4.69, 9.17) is 16.3 Å². The fraction of sp³-hybridized carbons (Fsp3) is 0.308. The molecule has 0 aliphatic heterocycles. The Morgan fingerprint density at radius 1 is 1.63 bits per heavy atom. The Labute approximate surface area is 110 Å². The lowest BCUT2D eigenvalue weighted by Gasteiger charge is -2.14. The van der Waals surface area contributed by atoms with Gasteiger partial charge >= 0.3 is 6.03 Å². The molecule has 3 N–H and O–H groups in total. The smallest absolute Gasteiger partial charge is 0.319 e. The number of hydrogen-bond acceptors (Lipinski definition) is 3. The molecular formula is C13H15FN2O3. The first-order valence-corrected chi connectivity index (χ1v) is 5.61. The Balaban J connectivity index is 2.76. The minimum Gasteiger partial charge on any atom is -0.479 e. The van der Waals surface area contributed by atoms with Crippen molar-refractivity contribution in [3.05, 3.63) is 24.0 Å². The summed E-state index contributed by atoms with van der Waals surface area (Å²) in [6, 6.07) is 2.76. The quantitative estimate of drug-likeness (QED) is 0.704. The van der Waals surface area contributed by atoms with E-state index in [2.05, 4.69) is 16.6 Å². The van der Waals surface area contributed by atoms with E-state index in [9.17, 15) is 9.18 Å². The lowest BCUT2D eigenvalue weighted by atomic mass is 10.3. The fourth-order valence-electron chi connectivity index (χ4n) is 1.27. The van der Waals surface area contributed by atoms with Crippen molar-refractivity contribution in [1.29, 1.82) is 0 Å². The van der Waals surface area contributed by atoms with Crippen LogP contribution in [0.3, 0.4) is 0 Å². The van der Waals surface area contributed by atoms with Crippen LogP contribution in [0, 0.1) is 18.2 Å². The minimum absolute atomic E-state index is 0.0349. The van der Waals surface area contributed by atoms with Crippen LogP contribution in [0.25, 0.3) is 0 Å². The van der Waals surface area contributed by atoms with Crippen LogP contribution in [0.2, 0.25) is 0 Å². The van der Waals surface area contributed by atoms with Crippen molar-refractivity contribution in [3.8, 4) is 18.1 Å². The van der Waals surface area contributed by atoms with Gasteiger partial charge in [0, 0.05) is 6.07 Å². The maximum absolute atomic E-state index is 13.1. The highest BCUT2D eigenvalue weighted by Crippen LogP contribution is 2.25. The summed E-state index contributed by atoms with van der Waals surface area (Å²) in [7, 11) is 0. The molecule has 0 saturated heterocycles. The van der Waals surface area contributed by atoms with Gasteiger partial charge in [0.05, 0.1) is 18.3 Å². The number of terminal acetylenes is 1. The number of carbonyl (C=O) groups is 1. The molecule has 0 saturated carbocycles. The maximum Gasteiger partial charge on any atom is 0.319 e. The molecule has 0 spiro atoms. The molecule has 1 aromatic rings. The van der Waals surface area contributed by atoms with E-state index in [1.807, 2.05) is 0 Å². The second kappa shape index (κ2) is 7.24. The summed E-state index contributed by atoms with van der Waals surface area (Å²) in [5.74, 6) is 1.90. The van der Waals surface area contributed by atoms with Crippen LogP contribution in [0.5, 0.6) is 5.75 Å². The summed E-state index contributed by atoms with van der Waals surface area (Å²) in [4.78, 5) is 11.6. The van der Waals surface area contributed by atoms with Crippen LogP contribution in [-0.4, -0.2) is 30.4 Å². The summed E-state index contributed by atoms with van der Waals surface area (Å²) in [6.45, 7) is 1.42. The summed E-state index contributed by atoms with van der Waals surface area (Å²) < 4.78 is 18.2. The number of carbonyl (C=O) groups excluding carboxylic acids is 1. The third kappa shape index (κ3) is 4.85. The lowest BCUT2D eigenvalue weighted by molar-refractivity contribution is 0.229. The van der Waals surface area contributed by atoms with Crippen molar-refractivity contribution in [1.82, 2.24) is 5.32 Å². The number of nitrogens with one attached hydrogen (secondary N) is 2. The first kappa shape index (κ1) is 14.8. The third-order valence-electron chi connectivity index (χ3n) is 2.15. The monoisotopic (exact) mass is 266 g/mol. The topological polar surface area (TPSA) is 70.6 Å². The number of amides is 2. The predicted octanol–water partition coefficient (Wildman–Crippen LogP) is 1.34. The third-order valence-corrected chi connectivity index (χ3v) is 2.15. The highest BCUT2D eigenvalue weighted by molar-refractivity contribution is 5.91. The molecule has 1 unspecified atom stereocenters. The van der Waals surface area contributed by atoms with Gasteiger partial charge in [-0.25, -0.2) is 9.18 Å². The Morgan fingerprint density at radius 2 is 2.37 bits per heavy atom. The van der Waals surface area contributed by atoms with Crippen LogP contribution in [0.4, 0.5) is 14.9 Å². The minimum atomic E-state index is -0.529. The van der Waals surface area contributed by atoms with Gasteiger partial charge in [-0.05, 0) is 19.1 Å². The lowest BCUT2D eigenvalue weighted by Crippen LogP contribution is -2.38. The molecule has 0 heterocycles. The maximum atomic E-state index is 13.1. The van der Waals surface area contributed by atoms with E-state index in [0.29, 0.717) is 5.69 Å². The highest BCUT2D eigenvalue weighted by Gasteiger charge is 2.10. The first-order chi connectivity index (χ1) is 9.06. The number of aliphatic hydroxyl groups excluding tert-OH is 1. The number of aliphatic hydroxyl groups is 1. The van der Waals surface area contributed by atoms with Gasteiger partial charge in [0.15, 0.2) is 0 Å². The van der Waals surface area contributed by atoms with Crippen LogP contribution in [-0.2, 0) is 0 Å². The number of urea groups is 1. The molecule has 102 valence electrons.